The van der Waals surface area contributed by atoms with Crippen molar-refractivity contribution in [1.29, 1.82) is 0 Å². The molecule has 218 valence electrons. The van der Waals surface area contributed by atoms with Crippen LogP contribution < -0.4 is 24.3 Å². The van der Waals surface area contributed by atoms with Gasteiger partial charge in [-0.1, -0.05) is 52.0 Å². The summed E-state index contributed by atoms with van der Waals surface area (Å²) in [5.74, 6) is 2.92. The summed E-state index contributed by atoms with van der Waals surface area (Å²) >= 11 is 0. The SMILES string of the molecule is COc1cc2c3c(c4cc(OC)c(OC)cc4c2cc1OC)C(c1ccc(C(C)C)cc1)C1=C(CC(C)(C)CC1=O)N3. The van der Waals surface area contributed by atoms with Crippen LogP contribution in [0.2, 0.25) is 0 Å². The van der Waals surface area contributed by atoms with Crippen LogP contribution in [0.1, 0.15) is 69.1 Å². The summed E-state index contributed by atoms with van der Waals surface area (Å²) in [6.07, 6.45) is 1.30. The molecule has 0 amide bonds. The number of rotatable bonds is 6. The van der Waals surface area contributed by atoms with Gasteiger partial charge in [0.05, 0.1) is 34.1 Å². The lowest BCUT2D eigenvalue weighted by molar-refractivity contribution is -0.118. The van der Waals surface area contributed by atoms with E-state index in [9.17, 15) is 4.79 Å². The maximum Gasteiger partial charge on any atom is 0.162 e. The Morgan fingerprint density at radius 3 is 1.76 bits per heavy atom. The summed E-state index contributed by atoms with van der Waals surface area (Å²) in [5.41, 5.74) is 6.11. The number of hydrogen-bond acceptors (Lipinski definition) is 6. The van der Waals surface area contributed by atoms with Crippen molar-refractivity contribution in [3.05, 3.63) is 76.5 Å². The van der Waals surface area contributed by atoms with E-state index in [0.29, 0.717) is 35.3 Å². The van der Waals surface area contributed by atoms with E-state index >= 15 is 0 Å². The molecule has 4 aromatic rings. The van der Waals surface area contributed by atoms with Crippen LogP contribution in [-0.2, 0) is 4.79 Å². The third-order valence-electron chi connectivity index (χ3n) is 8.88. The molecule has 0 saturated heterocycles. The first kappa shape index (κ1) is 28.0. The van der Waals surface area contributed by atoms with Gasteiger partial charge in [-0.2, -0.15) is 0 Å². The molecule has 6 nitrogen and oxygen atoms in total. The Balaban J connectivity index is 1.78. The topological polar surface area (TPSA) is 66.0 Å². The molecule has 0 spiro atoms. The molecular formula is C36H39NO5. The van der Waals surface area contributed by atoms with Crippen molar-refractivity contribution >= 4 is 33.0 Å². The molecule has 1 aliphatic carbocycles. The smallest absolute Gasteiger partial charge is 0.162 e. The Morgan fingerprint density at radius 2 is 1.24 bits per heavy atom. The van der Waals surface area contributed by atoms with Gasteiger partial charge in [0.2, 0.25) is 0 Å². The molecule has 6 rings (SSSR count). The van der Waals surface area contributed by atoms with E-state index in [1.807, 2.05) is 24.3 Å². The first-order valence-electron chi connectivity index (χ1n) is 14.5. The third kappa shape index (κ3) is 4.36. The van der Waals surface area contributed by atoms with E-state index in [-0.39, 0.29) is 17.1 Å². The largest absolute Gasteiger partial charge is 0.493 e. The normalized spacial score (nSPS) is 17.6. The van der Waals surface area contributed by atoms with Crippen molar-refractivity contribution in [2.75, 3.05) is 33.8 Å². The van der Waals surface area contributed by atoms with Crippen molar-refractivity contribution in [2.24, 2.45) is 5.41 Å². The van der Waals surface area contributed by atoms with E-state index in [1.165, 1.54) is 5.56 Å². The van der Waals surface area contributed by atoms with E-state index in [0.717, 1.165) is 56.1 Å². The van der Waals surface area contributed by atoms with Crippen LogP contribution in [0.25, 0.3) is 21.5 Å². The van der Waals surface area contributed by atoms with Gasteiger partial charge in [-0.25, -0.2) is 0 Å². The average molecular weight is 566 g/mol. The standard InChI is InChI=1S/C36H39NO5/c1-19(2)20-9-11-21(12-10-20)32-33-24-15-30(41-7)28(39-5)13-22(24)23-14-29(40-6)31(42-8)16-25(23)35(33)37-26-17-36(3,4)18-27(38)34(26)32/h9-16,19,32,37H,17-18H2,1-8H3. The highest BCUT2D eigenvalue weighted by Gasteiger charge is 2.42. The lowest BCUT2D eigenvalue weighted by atomic mass is 9.67. The fourth-order valence-electron chi connectivity index (χ4n) is 6.83. The number of ketones is 1. The molecule has 0 fully saturated rings. The minimum absolute atomic E-state index is 0.142. The fourth-order valence-corrected chi connectivity index (χ4v) is 6.83. The second kappa shape index (κ2) is 10.3. The molecule has 0 aromatic heterocycles. The summed E-state index contributed by atoms with van der Waals surface area (Å²) < 4.78 is 23.1. The van der Waals surface area contributed by atoms with Crippen molar-refractivity contribution < 1.29 is 23.7 Å². The number of nitrogens with one attached hydrogen (secondary N) is 1. The molecule has 6 heteroatoms. The van der Waals surface area contributed by atoms with Crippen LogP contribution in [0.15, 0.2) is 59.8 Å². The Labute approximate surface area is 247 Å². The molecule has 1 N–H and O–H groups in total. The highest BCUT2D eigenvalue weighted by Crippen LogP contribution is 2.55. The maximum atomic E-state index is 14.0. The quantitative estimate of drug-likeness (QED) is 0.237. The molecule has 4 aromatic carbocycles. The molecule has 1 aliphatic heterocycles. The summed E-state index contributed by atoms with van der Waals surface area (Å²) in [6.45, 7) is 8.73. The molecule has 0 bridgehead atoms. The van der Waals surface area contributed by atoms with Gasteiger partial charge in [0.1, 0.15) is 0 Å². The van der Waals surface area contributed by atoms with E-state index in [2.05, 4.69) is 57.3 Å². The number of hydrogen-bond donors (Lipinski definition) is 1. The Kier molecular flexibility index (Phi) is 6.83. The summed E-state index contributed by atoms with van der Waals surface area (Å²) in [7, 11) is 6.60. The van der Waals surface area contributed by atoms with E-state index in [4.69, 9.17) is 18.9 Å². The molecule has 1 heterocycles. The minimum atomic E-state index is -0.251. The summed E-state index contributed by atoms with van der Waals surface area (Å²) in [5, 5.41) is 7.77. The zero-order valence-corrected chi connectivity index (χ0v) is 25.7. The Hall–Kier alpha value is -4.19. The van der Waals surface area contributed by atoms with Crippen LogP contribution in [0.4, 0.5) is 5.69 Å². The first-order valence-corrected chi connectivity index (χ1v) is 14.5. The van der Waals surface area contributed by atoms with Crippen LogP contribution in [0.3, 0.4) is 0 Å². The number of anilines is 1. The van der Waals surface area contributed by atoms with Gasteiger partial charge in [-0.3, -0.25) is 4.79 Å². The molecule has 0 saturated carbocycles. The molecule has 42 heavy (non-hydrogen) atoms. The number of Topliss-reactive ketones (excluding diaryl/α,β-unsaturated/α-hetero) is 1. The highest BCUT2D eigenvalue weighted by molar-refractivity contribution is 6.19. The van der Waals surface area contributed by atoms with Crippen LogP contribution in [-0.4, -0.2) is 34.2 Å². The van der Waals surface area contributed by atoms with Crippen LogP contribution >= 0.6 is 0 Å². The average Bonchev–Trinajstić information content (AvgIpc) is 2.98. The van der Waals surface area contributed by atoms with E-state index in [1.54, 1.807) is 28.4 Å². The predicted octanol–water partition coefficient (Wildman–Crippen LogP) is 8.35. The lowest BCUT2D eigenvalue weighted by Gasteiger charge is -2.40. The number of carbonyl (C=O) groups is 1. The molecule has 1 unspecified atom stereocenters. The lowest BCUT2D eigenvalue weighted by Crippen LogP contribution is -2.34. The van der Waals surface area contributed by atoms with Crippen LogP contribution in [0.5, 0.6) is 23.0 Å². The number of allylic oxidation sites excluding steroid dienone is 2. The second-order valence-electron chi connectivity index (χ2n) is 12.5. The van der Waals surface area contributed by atoms with Gasteiger partial charge >= 0.3 is 0 Å². The zero-order valence-electron chi connectivity index (χ0n) is 25.7. The minimum Gasteiger partial charge on any atom is -0.493 e. The third-order valence-corrected chi connectivity index (χ3v) is 8.88. The van der Waals surface area contributed by atoms with Crippen molar-refractivity contribution in [2.45, 2.75) is 52.4 Å². The second-order valence-corrected chi connectivity index (χ2v) is 12.5. The predicted molar refractivity (Wildman–Crippen MR) is 169 cm³/mol. The van der Waals surface area contributed by atoms with Gasteiger partial charge in [0.15, 0.2) is 28.8 Å². The van der Waals surface area contributed by atoms with Crippen molar-refractivity contribution in [3.63, 3.8) is 0 Å². The Morgan fingerprint density at radius 1 is 0.738 bits per heavy atom. The highest BCUT2D eigenvalue weighted by atomic mass is 16.5. The summed E-state index contributed by atoms with van der Waals surface area (Å²) in [6, 6.07) is 16.9. The number of benzene rings is 4. The van der Waals surface area contributed by atoms with Gasteiger partial charge in [-0.05, 0) is 74.9 Å². The number of methoxy groups -OCH3 is 4. The van der Waals surface area contributed by atoms with Crippen LogP contribution in [0, 0.1) is 5.41 Å². The number of fused-ring (bicyclic) bond motifs is 6. The van der Waals surface area contributed by atoms with Gasteiger partial charge in [0.25, 0.3) is 0 Å². The van der Waals surface area contributed by atoms with Crippen molar-refractivity contribution in [3.8, 4) is 23.0 Å². The summed E-state index contributed by atoms with van der Waals surface area (Å²) in [4.78, 5) is 14.0. The fraction of sp³-hybridized carbons (Fsp3) is 0.361. The number of carbonyl (C=O) groups excluding carboxylic acids is 1. The van der Waals surface area contributed by atoms with Gasteiger partial charge in [0, 0.05) is 29.0 Å². The van der Waals surface area contributed by atoms with Crippen molar-refractivity contribution in [1.82, 2.24) is 0 Å². The molecule has 0 radical (unpaired) electrons. The van der Waals surface area contributed by atoms with Gasteiger partial charge < -0.3 is 24.3 Å². The first-order chi connectivity index (χ1) is 20.1. The Bertz CT molecular complexity index is 1760. The van der Waals surface area contributed by atoms with E-state index < -0.39 is 0 Å². The molecule has 1 atom stereocenters. The zero-order chi connectivity index (χ0) is 29.9. The monoisotopic (exact) mass is 565 g/mol. The van der Waals surface area contributed by atoms with Gasteiger partial charge in [-0.15, -0.1) is 0 Å². The molecule has 2 aliphatic rings. The molecular weight excluding hydrogens is 526 g/mol. The number of ether oxygens (including phenoxy) is 4. The maximum absolute atomic E-state index is 14.0.